The molecule has 0 unspecified atom stereocenters. The molecule has 0 saturated heterocycles. The van der Waals surface area contributed by atoms with Gasteiger partial charge in [0.1, 0.15) is 18.0 Å². The van der Waals surface area contributed by atoms with Crippen molar-refractivity contribution in [1.29, 1.82) is 0 Å². The van der Waals surface area contributed by atoms with Crippen LogP contribution in [-0.2, 0) is 0 Å². The van der Waals surface area contributed by atoms with Crippen LogP contribution in [0.25, 0.3) is 0 Å². The minimum atomic E-state index is -0.326. The Labute approximate surface area is 76.7 Å². The van der Waals surface area contributed by atoms with Gasteiger partial charge in [0.25, 0.3) is 5.88 Å². The van der Waals surface area contributed by atoms with Crippen LogP contribution >= 0.6 is 0 Å². The summed E-state index contributed by atoms with van der Waals surface area (Å²) in [6, 6.07) is 3.47. The van der Waals surface area contributed by atoms with E-state index in [-0.39, 0.29) is 5.60 Å². The van der Waals surface area contributed by atoms with E-state index in [1.54, 1.807) is 12.1 Å². The SMILES string of the molecule is CC1(C)COc2ccc(N)nc2O1. The lowest BCUT2D eigenvalue weighted by Crippen LogP contribution is -2.39. The van der Waals surface area contributed by atoms with E-state index in [1.165, 1.54) is 0 Å². The summed E-state index contributed by atoms with van der Waals surface area (Å²) in [7, 11) is 0. The first-order valence-corrected chi connectivity index (χ1v) is 4.15. The summed E-state index contributed by atoms with van der Waals surface area (Å²) in [6.45, 7) is 4.42. The molecule has 1 aliphatic rings. The van der Waals surface area contributed by atoms with Crippen molar-refractivity contribution in [3.8, 4) is 11.6 Å². The van der Waals surface area contributed by atoms with Crippen LogP contribution in [0.15, 0.2) is 12.1 Å². The van der Waals surface area contributed by atoms with E-state index in [1.807, 2.05) is 13.8 Å². The minimum absolute atomic E-state index is 0.326. The molecule has 0 aliphatic carbocycles. The van der Waals surface area contributed by atoms with E-state index in [4.69, 9.17) is 15.2 Å². The first-order valence-electron chi connectivity index (χ1n) is 4.15. The maximum Gasteiger partial charge on any atom is 0.259 e. The summed E-state index contributed by atoms with van der Waals surface area (Å²) >= 11 is 0. The Kier molecular flexibility index (Phi) is 1.58. The predicted molar refractivity (Wildman–Crippen MR) is 48.9 cm³/mol. The van der Waals surface area contributed by atoms with Crippen LogP contribution in [0.1, 0.15) is 13.8 Å². The number of fused-ring (bicyclic) bond motifs is 1. The molecule has 2 N–H and O–H groups in total. The number of hydrogen-bond donors (Lipinski definition) is 1. The zero-order valence-corrected chi connectivity index (χ0v) is 7.70. The average Bonchev–Trinajstić information content (AvgIpc) is 2.01. The van der Waals surface area contributed by atoms with E-state index < -0.39 is 0 Å². The van der Waals surface area contributed by atoms with Crippen LogP contribution in [0, 0.1) is 0 Å². The van der Waals surface area contributed by atoms with Crippen molar-refractivity contribution in [2.24, 2.45) is 0 Å². The van der Waals surface area contributed by atoms with Gasteiger partial charge in [-0.3, -0.25) is 0 Å². The predicted octanol–water partition coefficient (Wildman–Crippen LogP) is 1.21. The molecule has 0 aromatic carbocycles. The van der Waals surface area contributed by atoms with Crippen LogP contribution in [0.4, 0.5) is 5.82 Å². The summed E-state index contributed by atoms with van der Waals surface area (Å²) in [6.07, 6.45) is 0. The van der Waals surface area contributed by atoms with E-state index >= 15 is 0 Å². The molecule has 1 aliphatic heterocycles. The van der Waals surface area contributed by atoms with Crippen molar-refractivity contribution in [3.63, 3.8) is 0 Å². The Morgan fingerprint density at radius 3 is 3.00 bits per heavy atom. The second-order valence-electron chi connectivity index (χ2n) is 3.69. The molecule has 1 aromatic heterocycles. The van der Waals surface area contributed by atoms with Crippen LogP contribution in [-0.4, -0.2) is 17.2 Å². The van der Waals surface area contributed by atoms with Crippen molar-refractivity contribution < 1.29 is 9.47 Å². The summed E-state index contributed by atoms with van der Waals surface area (Å²) in [5.74, 6) is 1.59. The minimum Gasteiger partial charge on any atom is -0.484 e. The monoisotopic (exact) mass is 180 g/mol. The Balaban J connectivity index is 2.38. The topological polar surface area (TPSA) is 57.4 Å². The van der Waals surface area contributed by atoms with Gasteiger partial charge in [0.2, 0.25) is 0 Å². The standard InChI is InChI=1S/C9H12N2O2/c1-9(2)5-12-6-3-4-7(10)11-8(6)13-9/h3-4H,5H2,1-2H3,(H2,10,11). The smallest absolute Gasteiger partial charge is 0.259 e. The second-order valence-corrected chi connectivity index (χ2v) is 3.69. The molecule has 13 heavy (non-hydrogen) atoms. The highest BCUT2D eigenvalue weighted by Crippen LogP contribution is 2.33. The molecular weight excluding hydrogens is 168 g/mol. The summed E-state index contributed by atoms with van der Waals surface area (Å²) in [5.41, 5.74) is 5.20. The lowest BCUT2D eigenvalue weighted by atomic mass is 10.1. The Morgan fingerprint density at radius 1 is 1.46 bits per heavy atom. The van der Waals surface area contributed by atoms with Crippen molar-refractivity contribution in [3.05, 3.63) is 12.1 Å². The van der Waals surface area contributed by atoms with Crippen molar-refractivity contribution in [2.45, 2.75) is 19.4 Å². The molecule has 4 nitrogen and oxygen atoms in total. The van der Waals surface area contributed by atoms with Gasteiger partial charge in [-0.1, -0.05) is 0 Å². The molecule has 0 fully saturated rings. The lowest BCUT2D eigenvalue weighted by molar-refractivity contribution is 0.0164. The maximum absolute atomic E-state index is 5.58. The summed E-state index contributed by atoms with van der Waals surface area (Å²) in [4.78, 5) is 4.04. The number of hydrogen-bond acceptors (Lipinski definition) is 4. The van der Waals surface area contributed by atoms with E-state index in [2.05, 4.69) is 4.98 Å². The van der Waals surface area contributed by atoms with Gasteiger partial charge in [-0.15, -0.1) is 0 Å². The maximum atomic E-state index is 5.58. The third-order valence-electron chi connectivity index (χ3n) is 1.80. The van der Waals surface area contributed by atoms with Gasteiger partial charge in [-0.2, -0.15) is 4.98 Å². The zero-order chi connectivity index (χ0) is 9.47. The molecule has 2 rings (SSSR count). The largest absolute Gasteiger partial charge is 0.484 e. The summed E-state index contributed by atoms with van der Waals surface area (Å²) in [5, 5.41) is 0. The van der Waals surface area contributed by atoms with Gasteiger partial charge in [0.15, 0.2) is 5.75 Å². The number of pyridine rings is 1. The number of anilines is 1. The number of rotatable bonds is 0. The van der Waals surface area contributed by atoms with Crippen molar-refractivity contribution >= 4 is 5.82 Å². The number of ether oxygens (including phenoxy) is 2. The Hall–Kier alpha value is -1.45. The van der Waals surface area contributed by atoms with E-state index in [9.17, 15) is 0 Å². The molecule has 2 heterocycles. The van der Waals surface area contributed by atoms with E-state index in [0.717, 1.165) is 0 Å². The highest BCUT2D eigenvalue weighted by molar-refractivity contribution is 5.43. The third-order valence-corrected chi connectivity index (χ3v) is 1.80. The van der Waals surface area contributed by atoms with Crippen molar-refractivity contribution in [1.82, 2.24) is 4.98 Å². The quantitative estimate of drug-likeness (QED) is 0.652. The average molecular weight is 180 g/mol. The fraction of sp³-hybridized carbons (Fsp3) is 0.444. The number of nitrogens with zero attached hydrogens (tertiary/aromatic N) is 1. The highest BCUT2D eigenvalue weighted by Gasteiger charge is 2.28. The molecular formula is C9H12N2O2. The zero-order valence-electron chi connectivity index (χ0n) is 7.70. The van der Waals surface area contributed by atoms with Gasteiger partial charge >= 0.3 is 0 Å². The molecule has 0 bridgehead atoms. The van der Waals surface area contributed by atoms with Gasteiger partial charge in [0, 0.05) is 0 Å². The number of nitrogen functional groups attached to an aromatic ring is 1. The molecule has 4 heteroatoms. The fourth-order valence-electron chi connectivity index (χ4n) is 1.17. The third kappa shape index (κ3) is 1.52. The Bertz CT molecular complexity index is 336. The van der Waals surface area contributed by atoms with Crippen LogP contribution in [0.5, 0.6) is 11.6 Å². The van der Waals surface area contributed by atoms with E-state index in [0.29, 0.717) is 24.1 Å². The molecule has 0 saturated carbocycles. The fourth-order valence-corrected chi connectivity index (χ4v) is 1.17. The van der Waals surface area contributed by atoms with Crippen molar-refractivity contribution in [2.75, 3.05) is 12.3 Å². The first kappa shape index (κ1) is 8.16. The Morgan fingerprint density at radius 2 is 2.23 bits per heavy atom. The van der Waals surface area contributed by atoms with Gasteiger partial charge < -0.3 is 15.2 Å². The van der Waals surface area contributed by atoms with Crippen LogP contribution in [0.3, 0.4) is 0 Å². The second kappa shape index (κ2) is 2.52. The summed E-state index contributed by atoms with van der Waals surface area (Å²) < 4.78 is 11.0. The molecule has 1 aromatic rings. The van der Waals surface area contributed by atoms with Gasteiger partial charge in [-0.05, 0) is 26.0 Å². The molecule has 0 amide bonds. The molecule has 0 radical (unpaired) electrons. The number of nitrogens with two attached hydrogens (primary N) is 1. The van der Waals surface area contributed by atoms with Crippen LogP contribution in [0.2, 0.25) is 0 Å². The highest BCUT2D eigenvalue weighted by atomic mass is 16.6. The van der Waals surface area contributed by atoms with Crippen LogP contribution < -0.4 is 15.2 Å². The molecule has 0 spiro atoms. The lowest BCUT2D eigenvalue weighted by Gasteiger charge is -2.31. The molecule has 0 atom stereocenters. The molecule has 70 valence electrons. The first-order chi connectivity index (χ1) is 6.07. The van der Waals surface area contributed by atoms with Gasteiger partial charge in [0.05, 0.1) is 0 Å². The number of aromatic nitrogens is 1. The van der Waals surface area contributed by atoms with Gasteiger partial charge in [-0.25, -0.2) is 0 Å². The normalized spacial score (nSPS) is 18.3.